The number of nitrogens with zero attached hydrogens (tertiary/aromatic N) is 6. The summed E-state index contributed by atoms with van der Waals surface area (Å²) in [5.74, 6) is 1.72. The summed E-state index contributed by atoms with van der Waals surface area (Å²) < 4.78 is 4.58. The summed E-state index contributed by atoms with van der Waals surface area (Å²) >= 11 is 0. The molecule has 3 heterocycles. The van der Waals surface area contributed by atoms with E-state index in [-0.39, 0.29) is 0 Å². The summed E-state index contributed by atoms with van der Waals surface area (Å²) in [6.45, 7) is 0. The second-order valence-corrected chi connectivity index (χ2v) is 12.8. The van der Waals surface area contributed by atoms with Gasteiger partial charge in [-0.1, -0.05) is 133 Å². The van der Waals surface area contributed by atoms with E-state index in [0.29, 0.717) is 23.2 Å². The molecule has 10 rings (SSSR count). The lowest BCUT2D eigenvalue weighted by Gasteiger charge is -2.13. The predicted octanol–water partition coefficient (Wildman–Crippen LogP) is 10.9. The van der Waals surface area contributed by atoms with E-state index in [2.05, 4.69) is 130 Å². The molecule has 0 aliphatic rings. The molecule has 0 aliphatic heterocycles. The molecule has 0 atom stereocenters. The number of benzene rings is 7. The van der Waals surface area contributed by atoms with Crippen LogP contribution in [0.5, 0.6) is 0 Å². The molecular weight excluding hydrogens is 637 g/mol. The van der Waals surface area contributed by atoms with E-state index in [1.807, 2.05) is 54.6 Å². The third kappa shape index (κ3) is 4.68. The number of para-hydroxylation sites is 3. The van der Waals surface area contributed by atoms with Crippen LogP contribution in [-0.4, -0.2) is 24.1 Å². The summed E-state index contributed by atoms with van der Waals surface area (Å²) in [4.78, 5) is 15.5. The number of hydrogen-bond acceptors (Lipinski definition) is 4. The topological polar surface area (TPSA) is 72.3 Å². The standard InChI is InChI=1S/C46H28N6/c47-29-30-19-21-31(22-20-30)32-23-25-34(26-24-32)45-48-44(33-11-3-1-4-12-33)49-46(50-45)52-41-18-10-8-16-37(41)39-28-27-38-36-15-7-9-17-40(36)51(42(38)43(39)52)35-13-5-2-6-14-35/h1-28H. The van der Waals surface area contributed by atoms with Gasteiger partial charge in [0.05, 0.1) is 33.7 Å². The average molecular weight is 665 g/mol. The molecule has 3 aromatic heterocycles. The van der Waals surface area contributed by atoms with Gasteiger partial charge in [0.15, 0.2) is 11.6 Å². The van der Waals surface area contributed by atoms with Gasteiger partial charge in [-0.25, -0.2) is 4.98 Å². The number of nitriles is 1. The minimum Gasteiger partial charge on any atom is -0.307 e. The van der Waals surface area contributed by atoms with Crippen LogP contribution in [0.1, 0.15) is 5.56 Å². The van der Waals surface area contributed by atoms with Crippen molar-refractivity contribution in [3.63, 3.8) is 0 Å². The SMILES string of the molecule is N#Cc1ccc(-c2ccc(-c3nc(-c4ccccc4)nc(-n4c5ccccc5c5ccc6c7ccccc7n(-c7ccccc7)c6c54)n3)cc2)cc1. The predicted molar refractivity (Wildman–Crippen MR) is 210 cm³/mol. The highest BCUT2D eigenvalue weighted by Gasteiger charge is 2.23. The first kappa shape index (κ1) is 29.5. The summed E-state index contributed by atoms with van der Waals surface area (Å²) in [5.41, 5.74) is 9.87. The Kier molecular flexibility index (Phi) is 6.76. The van der Waals surface area contributed by atoms with Crippen LogP contribution < -0.4 is 0 Å². The fourth-order valence-electron chi connectivity index (χ4n) is 7.41. The molecule has 6 heteroatoms. The van der Waals surface area contributed by atoms with Crippen LogP contribution >= 0.6 is 0 Å². The highest BCUT2D eigenvalue weighted by molar-refractivity contribution is 6.23. The number of rotatable bonds is 5. The molecule has 242 valence electrons. The number of hydrogen-bond donors (Lipinski definition) is 0. The monoisotopic (exact) mass is 664 g/mol. The minimum atomic E-state index is 0.545. The average Bonchev–Trinajstić information content (AvgIpc) is 3.75. The Morgan fingerprint density at radius 1 is 0.385 bits per heavy atom. The Labute approximate surface area is 299 Å². The molecule has 0 unspecified atom stereocenters. The lowest BCUT2D eigenvalue weighted by molar-refractivity contribution is 0.953. The molecule has 0 bridgehead atoms. The first-order chi connectivity index (χ1) is 25.7. The van der Waals surface area contributed by atoms with Gasteiger partial charge < -0.3 is 4.57 Å². The third-order valence-electron chi connectivity index (χ3n) is 9.83. The zero-order valence-corrected chi connectivity index (χ0v) is 27.8. The molecule has 6 nitrogen and oxygen atoms in total. The fourth-order valence-corrected chi connectivity index (χ4v) is 7.41. The maximum absolute atomic E-state index is 9.25. The van der Waals surface area contributed by atoms with E-state index < -0.39 is 0 Å². The summed E-state index contributed by atoms with van der Waals surface area (Å²) in [7, 11) is 0. The largest absolute Gasteiger partial charge is 0.307 e. The lowest BCUT2D eigenvalue weighted by Crippen LogP contribution is -2.07. The fraction of sp³-hybridized carbons (Fsp3) is 0. The van der Waals surface area contributed by atoms with Crippen molar-refractivity contribution < 1.29 is 0 Å². The smallest absolute Gasteiger partial charge is 0.238 e. The third-order valence-corrected chi connectivity index (χ3v) is 9.83. The van der Waals surface area contributed by atoms with Gasteiger partial charge in [0.25, 0.3) is 0 Å². The van der Waals surface area contributed by atoms with E-state index in [4.69, 9.17) is 15.0 Å². The Bertz CT molecular complexity index is 2990. The Morgan fingerprint density at radius 3 is 1.44 bits per heavy atom. The second-order valence-electron chi connectivity index (χ2n) is 12.8. The summed E-state index contributed by atoms with van der Waals surface area (Å²) in [6.07, 6.45) is 0. The van der Waals surface area contributed by atoms with Gasteiger partial charge in [-0.3, -0.25) is 4.57 Å². The summed E-state index contributed by atoms with van der Waals surface area (Å²) in [5, 5.41) is 13.8. The normalized spacial score (nSPS) is 11.4. The van der Waals surface area contributed by atoms with Crippen molar-refractivity contribution in [1.82, 2.24) is 24.1 Å². The zero-order valence-electron chi connectivity index (χ0n) is 27.8. The molecule has 52 heavy (non-hydrogen) atoms. The van der Waals surface area contributed by atoms with Gasteiger partial charge in [0.1, 0.15) is 0 Å². The van der Waals surface area contributed by atoms with Crippen LogP contribution in [0.4, 0.5) is 0 Å². The van der Waals surface area contributed by atoms with Gasteiger partial charge in [-0.05, 0) is 47.5 Å². The molecular formula is C46H28N6. The van der Waals surface area contributed by atoms with Crippen molar-refractivity contribution in [2.24, 2.45) is 0 Å². The van der Waals surface area contributed by atoms with Gasteiger partial charge in [0.2, 0.25) is 5.95 Å². The van der Waals surface area contributed by atoms with Crippen LogP contribution in [0.3, 0.4) is 0 Å². The molecule has 0 saturated carbocycles. The van der Waals surface area contributed by atoms with Crippen molar-refractivity contribution in [3.05, 3.63) is 175 Å². The second kappa shape index (κ2) is 11.9. The van der Waals surface area contributed by atoms with Crippen LogP contribution in [0.2, 0.25) is 0 Å². The van der Waals surface area contributed by atoms with Crippen molar-refractivity contribution in [1.29, 1.82) is 5.26 Å². The highest BCUT2D eigenvalue weighted by atomic mass is 15.2. The van der Waals surface area contributed by atoms with Crippen molar-refractivity contribution in [3.8, 4) is 51.6 Å². The van der Waals surface area contributed by atoms with Gasteiger partial charge >= 0.3 is 0 Å². The number of aromatic nitrogens is 5. The van der Waals surface area contributed by atoms with E-state index in [1.165, 1.54) is 5.39 Å². The van der Waals surface area contributed by atoms with Crippen LogP contribution in [0.25, 0.3) is 89.2 Å². The first-order valence-electron chi connectivity index (χ1n) is 17.2. The molecule has 0 amide bonds. The van der Waals surface area contributed by atoms with E-state index in [1.54, 1.807) is 0 Å². The van der Waals surface area contributed by atoms with Crippen LogP contribution in [0.15, 0.2) is 170 Å². The molecule has 0 fully saturated rings. The Morgan fingerprint density at radius 2 is 0.846 bits per heavy atom. The highest BCUT2D eigenvalue weighted by Crippen LogP contribution is 2.41. The van der Waals surface area contributed by atoms with Crippen LogP contribution in [0, 0.1) is 11.3 Å². The van der Waals surface area contributed by atoms with Crippen molar-refractivity contribution >= 4 is 43.6 Å². The minimum absolute atomic E-state index is 0.545. The van der Waals surface area contributed by atoms with E-state index in [9.17, 15) is 5.26 Å². The van der Waals surface area contributed by atoms with Crippen molar-refractivity contribution in [2.45, 2.75) is 0 Å². The molecule has 0 saturated heterocycles. The van der Waals surface area contributed by atoms with Gasteiger partial charge in [0, 0.05) is 38.4 Å². The quantitative estimate of drug-likeness (QED) is 0.184. The molecule has 0 N–H and O–H groups in total. The maximum Gasteiger partial charge on any atom is 0.238 e. The number of fused-ring (bicyclic) bond motifs is 7. The molecule has 7 aromatic carbocycles. The molecule has 0 spiro atoms. The zero-order chi connectivity index (χ0) is 34.6. The van der Waals surface area contributed by atoms with Gasteiger partial charge in [-0.2, -0.15) is 15.2 Å². The Balaban J connectivity index is 1.27. The molecule has 0 radical (unpaired) electrons. The molecule has 10 aromatic rings. The van der Waals surface area contributed by atoms with E-state index in [0.717, 1.165) is 66.2 Å². The van der Waals surface area contributed by atoms with Gasteiger partial charge in [-0.15, -0.1) is 0 Å². The molecule has 0 aliphatic carbocycles. The van der Waals surface area contributed by atoms with E-state index >= 15 is 0 Å². The first-order valence-corrected chi connectivity index (χ1v) is 17.2. The summed E-state index contributed by atoms with van der Waals surface area (Å²) in [6, 6.07) is 60.3. The lowest BCUT2D eigenvalue weighted by atomic mass is 10.0. The Hall–Kier alpha value is -7.36. The maximum atomic E-state index is 9.25. The van der Waals surface area contributed by atoms with Crippen molar-refractivity contribution in [2.75, 3.05) is 0 Å². The van der Waals surface area contributed by atoms with Crippen LogP contribution in [-0.2, 0) is 0 Å².